The van der Waals surface area contributed by atoms with Gasteiger partial charge in [0.25, 0.3) is 10.0 Å². The van der Waals surface area contributed by atoms with Crippen LogP contribution >= 0.6 is 0 Å². The Labute approximate surface area is 99.4 Å². The van der Waals surface area contributed by atoms with E-state index in [1.54, 1.807) is 32.3 Å². The lowest BCUT2D eigenvalue weighted by molar-refractivity contribution is 0.600. The molecule has 0 aliphatic heterocycles. The zero-order valence-corrected chi connectivity index (χ0v) is 10.3. The Balaban J connectivity index is 2.35. The van der Waals surface area contributed by atoms with Gasteiger partial charge in [0.2, 0.25) is 0 Å². The first-order valence-corrected chi connectivity index (χ1v) is 6.40. The van der Waals surface area contributed by atoms with Crippen LogP contribution in [0.25, 0.3) is 0 Å². The molecule has 0 aliphatic carbocycles. The molecule has 2 aromatic rings. The van der Waals surface area contributed by atoms with Crippen molar-refractivity contribution >= 4 is 15.7 Å². The Morgan fingerprint density at radius 2 is 2.18 bits per heavy atom. The van der Waals surface area contributed by atoms with Crippen molar-refractivity contribution in [3.8, 4) is 0 Å². The summed E-state index contributed by atoms with van der Waals surface area (Å²) in [7, 11) is -1.92. The molecule has 0 aromatic carbocycles. The van der Waals surface area contributed by atoms with Crippen LogP contribution in [0.3, 0.4) is 0 Å². The second kappa shape index (κ2) is 4.17. The molecule has 0 saturated carbocycles. The average molecular weight is 252 g/mol. The molecule has 1 N–H and O–H groups in total. The van der Waals surface area contributed by atoms with Gasteiger partial charge in [-0.05, 0) is 19.1 Å². The number of rotatable bonds is 3. The van der Waals surface area contributed by atoms with Crippen LogP contribution in [0.2, 0.25) is 0 Å². The molecule has 6 nitrogen and oxygen atoms in total. The maximum absolute atomic E-state index is 12.0. The van der Waals surface area contributed by atoms with Gasteiger partial charge in [-0.3, -0.25) is 14.4 Å². The standard InChI is InChI=1S/C10H12N4O2S/c1-8-10(7-14(2)12-8)17(15,16)13-9-4-3-5-11-6-9/h3-7,13H,1-2H3. The van der Waals surface area contributed by atoms with Gasteiger partial charge in [0.15, 0.2) is 0 Å². The number of anilines is 1. The van der Waals surface area contributed by atoms with E-state index >= 15 is 0 Å². The summed E-state index contributed by atoms with van der Waals surface area (Å²) in [4.78, 5) is 4.01. The Bertz CT molecular complexity index is 619. The van der Waals surface area contributed by atoms with E-state index in [2.05, 4.69) is 14.8 Å². The monoisotopic (exact) mass is 252 g/mol. The topological polar surface area (TPSA) is 76.9 Å². The molecule has 0 unspecified atom stereocenters. The highest BCUT2D eigenvalue weighted by Crippen LogP contribution is 2.17. The van der Waals surface area contributed by atoms with Gasteiger partial charge >= 0.3 is 0 Å². The molecule has 2 heterocycles. The van der Waals surface area contributed by atoms with Crippen LogP contribution in [0, 0.1) is 6.92 Å². The summed E-state index contributed by atoms with van der Waals surface area (Å²) in [5, 5.41) is 4.00. The maximum atomic E-state index is 12.0. The van der Waals surface area contributed by atoms with Crippen molar-refractivity contribution in [2.75, 3.05) is 4.72 Å². The quantitative estimate of drug-likeness (QED) is 0.881. The molecule has 0 radical (unpaired) electrons. The second-order valence-electron chi connectivity index (χ2n) is 3.60. The highest BCUT2D eigenvalue weighted by Gasteiger charge is 2.19. The largest absolute Gasteiger partial charge is 0.278 e. The third-order valence-electron chi connectivity index (χ3n) is 2.17. The van der Waals surface area contributed by atoms with E-state index in [0.29, 0.717) is 11.4 Å². The molecular weight excluding hydrogens is 240 g/mol. The molecule has 2 aromatic heterocycles. The van der Waals surface area contributed by atoms with Crippen LogP contribution in [0.5, 0.6) is 0 Å². The van der Waals surface area contributed by atoms with E-state index in [1.165, 1.54) is 17.1 Å². The Hall–Kier alpha value is -1.89. The molecule has 0 spiro atoms. The number of nitrogens with one attached hydrogen (secondary N) is 1. The van der Waals surface area contributed by atoms with Crippen molar-refractivity contribution in [3.63, 3.8) is 0 Å². The Morgan fingerprint density at radius 3 is 2.71 bits per heavy atom. The van der Waals surface area contributed by atoms with Crippen molar-refractivity contribution in [3.05, 3.63) is 36.4 Å². The highest BCUT2D eigenvalue weighted by molar-refractivity contribution is 7.92. The van der Waals surface area contributed by atoms with Crippen molar-refractivity contribution < 1.29 is 8.42 Å². The molecule has 0 atom stereocenters. The van der Waals surface area contributed by atoms with Crippen LogP contribution in [0.1, 0.15) is 5.69 Å². The van der Waals surface area contributed by atoms with Crippen molar-refractivity contribution in [1.82, 2.24) is 14.8 Å². The third kappa shape index (κ3) is 2.44. The van der Waals surface area contributed by atoms with E-state index < -0.39 is 10.0 Å². The van der Waals surface area contributed by atoms with Gasteiger partial charge in [-0.2, -0.15) is 5.10 Å². The van der Waals surface area contributed by atoms with E-state index in [0.717, 1.165) is 0 Å². The number of hydrogen-bond acceptors (Lipinski definition) is 4. The zero-order valence-electron chi connectivity index (χ0n) is 9.45. The molecule has 0 bridgehead atoms. The summed E-state index contributed by atoms with van der Waals surface area (Å²) in [6, 6.07) is 3.30. The summed E-state index contributed by atoms with van der Waals surface area (Å²) < 4.78 is 28.0. The van der Waals surface area contributed by atoms with E-state index in [9.17, 15) is 8.42 Å². The van der Waals surface area contributed by atoms with Gasteiger partial charge in [-0.15, -0.1) is 0 Å². The highest BCUT2D eigenvalue weighted by atomic mass is 32.2. The van der Waals surface area contributed by atoms with E-state index in [-0.39, 0.29) is 4.90 Å². The number of aryl methyl sites for hydroxylation is 2. The number of sulfonamides is 1. The minimum atomic E-state index is -3.60. The van der Waals surface area contributed by atoms with Crippen LogP contribution in [0.15, 0.2) is 35.6 Å². The SMILES string of the molecule is Cc1nn(C)cc1S(=O)(=O)Nc1cccnc1. The van der Waals surface area contributed by atoms with E-state index in [4.69, 9.17) is 0 Å². The Morgan fingerprint density at radius 1 is 1.41 bits per heavy atom. The summed E-state index contributed by atoms with van der Waals surface area (Å²) in [5.74, 6) is 0. The molecule has 0 amide bonds. The molecule has 0 fully saturated rings. The predicted molar refractivity (Wildman–Crippen MR) is 63.0 cm³/mol. The third-order valence-corrected chi connectivity index (χ3v) is 3.66. The lowest BCUT2D eigenvalue weighted by Crippen LogP contribution is -2.13. The van der Waals surface area contributed by atoms with Gasteiger partial charge in [0.05, 0.1) is 17.6 Å². The summed E-state index contributed by atoms with van der Waals surface area (Å²) >= 11 is 0. The van der Waals surface area contributed by atoms with Crippen LogP contribution in [-0.4, -0.2) is 23.2 Å². The molecular formula is C10H12N4O2S. The first kappa shape index (κ1) is 11.6. The lowest BCUT2D eigenvalue weighted by atomic mass is 10.4. The zero-order chi connectivity index (χ0) is 12.5. The van der Waals surface area contributed by atoms with Crippen molar-refractivity contribution in [1.29, 1.82) is 0 Å². The lowest BCUT2D eigenvalue weighted by Gasteiger charge is -2.05. The number of pyridine rings is 1. The Kier molecular flexibility index (Phi) is 2.84. The van der Waals surface area contributed by atoms with Crippen LogP contribution < -0.4 is 4.72 Å². The minimum absolute atomic E-state index is 0.170. The summed E-state index contributed by atoms with van der Waals surface area (Å²) in [6.07, 6.45) is 4.49. The smallest absolute Gasteiger partial charge is 0.265 e. The molecule has 0 saturated heterocycles. The van der Waals surface area contributed by atoms with Gasteiger partial charge in [0, 0.05) is 19.4 Å². The fraction of sp³-hybridized carbons (Fsp3) is 0.200. The van der Waals surface area contributed by atoms with E-state index in [1.807, 2.05) is 0 Å². The van der Waals surface area contributed by atoms with Crippen LogP contribution in [0.4, 0.5) is 5.69 Å². The number of hydrogen-bond donors (Lipinski definition) is 1. The van der Waals surface area contributed by atoms with Crippen molar-refractivity contribution in [2.45, 2.75) is 11.8 Å². The van der Waals surface area contributed by atoms with Crippen LogP contribution in [-0.2, 0) is 17.1 Å². The van der Waals surface area contributed by atoms with Gasteiger partial charge in [0.1, 0.15) is 4.90 Å². The number of aromatic nitrogens is 3. The number of nitrogens with zero attached hydrogens (tertiary/aromatic N) is 3. The van der Waals surface area contributed by atoms with Gasteiger partial charge in [-0.25, -0.2) is 8.42 Å². The fourth-order valence-electron chi connectivity index (χ4n) is 1.47. The predicted octanol–water partition coefficient (Wildman–Crippen LogP) is 0.924. The molecule has 7 heteroatoms. The first-order valence-electron chi connectivity index (χ1n) is 4.92. The fourth-order valence-corrected chi connectivity index (χ4v) is 2.74. The molecule has 0 aliphatic rings. The first-order chi connectivity index (χ1) is 7.99. The molecule has 17 heavy (non-hydrogen) atoms. The van der Waals surface area contributed by atoms with Gasteiger partial charge < -0.3 is 0 Å². The minimum Gasteiger partial charge on any atom is -0.278 e. The maximum Gasteiger partial charge on any atom is 0.265 e. The normalized spacial score (nSPS) is 11.4. The van der Waals surface area contributed by atoms with Crippen molar-refractivity contribution in [2.24, 2.45) is 7.05 Å². The summed E-state index contributed by atoms with van der Waals surface area (Å²) in [5.41, 5.74) is 0.889. The average Bonchev–Trinajstić information content (AvgIpc) is 2.59. The van der Waals surface area contributed by atoms with Gasteiger partial charge in [-0.1, -0.05) is 0 Å². The molecule has 2 rings (SSSR count). The summed E-state index contributed by atoms with van der Waals surface area (Å²) in [6.45, 7) is 1.65. The molecule has 90 valence electrons. The second-order valence-corrected chi connectivity index (χ2v) is 5.25.